The average molecular weight is 424 g/mol. The Kier molecular flexibility index (Phi) is 5.92. The van der Waals surface area contributed by atoms with Crippen molar-refractivity contribution >= 4 is 38.5 Å². The summed E-state index contributed by atoms with van der Waals surface area (Å²) in [6.07, 6.45) is 2.30. The molecule has 0 aromatic heterocycles. The van der Waals surface area contributed by atoms with Crippen LogP contribution in [0, 0.1) is 9.49 Å². The van der Waals surface area contributed by atoms with Crippen LogP contribution in [0.25, 0.3) is 0 Å². The van der Waals surface area contributed by atoms with Gasteiger partial charge in [0.1, 0.15) is 0 Å². The molecule has 18 heavy (non-hydrogen) atoms. The third kappa shape index (κ3) is 3.68. The number of halogens is 2. The molecule has 1 unspecified atom stereocenters. The van der Waals surface area contributed by atoms with Gasteiger partial charge >= 0.3 is 0 Å². The van der Waals surface area contributed by atoms with Gasteiger partial charge in [0.2, 0.25) is 0 Å². The summed E-state index contributed by atoms with van der Waals surface area (Å²) in [7, 11) is 0. The Bertz CT molecular complexity index is 393. The van der Waals surface area contributed by atoms with Crippen molar-refractivity contribution in [1.82, 2.24) is 5.32 Å². The third-order valence-electron chi connectivity index (χ3n) is 3.45. The molecule has 1 heterocycles. The van der Waals surface area contributed by atoms with Gasteiger partial charge < -0.3 is 10.1 Å². The van der Waals surface area contributed by atoms with Crippen molar-refractivity contribution in [3.63, 3.8) is 0 Å². The van der Waals surface area contributed by atoms with Crippen molar-refractivity contribution in [1.29, 1.82) is 0 Å². The molecule has 1 atom stereocenters. The van der Waals surface area contributed by atoms with Crippen molar-refractivity contribution in [2.45, 2.75) is 25.8 Å². The van der Waals surface area contributed by atoms with E-state index in [-0.39, 0.29) is 0 Å². The maximum Gasteiger partial charge on any atom is 0.0469 e. The van der Waals surface area contributed by atoms with Gasteiger partial charge in [-0.2, -0.15) is 0 Å². The zero-order chi connectivity index (χ0) is 13.0. The molecule has 1 N–H and O–H groups in total. The van der Waals surface area contributed by atoms with E-state index in [2.05, 4.69) is 69.0 Å². The highest BCUT2D eigenvalue weighted by Gasteiger charge is 2.26. The molecule has 1 aromatic rings. The monoisotopic (exact) mass is 423 g/mol. The minimum atomic E-state index is 0.433. The molecule has 1 saturated heterocycles. The summed E-state index contributed by atoms with van der Waals surface area (Å²) in [6, 6.07) is 7.01. The zero-order valence-corrected chi connectivity index (χ0v) is 14.3. The first-order valence-electron chi connectivity index (χ1n) is 6.48. The summed E-state index contributed by atoms with van der Waals surface area (Å²) >= 11 is 6.07. The van der Waals surface area contributed by atoms with Crippen LogP contribution in [-0.4, -0.2) is 19.8 Å². The standard InChI is InChI=1S/C14H19BrINO/c1-2-17-14(10-5-7-18-8-6-10)12-9-11(16)3-4-13(12)15/h3-4,9-10,14,17H,2,5-8H2,1H3. The van der Waals surface area contributed by atoms with Gasteiger partial charge in [0.05, 0.1) is 0 Å². The lowest BCUT2D eigenvalue weighted by Gasteiger charge is -2.32. The second-order valence-corrected chi connectivity index (χ2v) is 6.75. The Morgan fingerprint density at radius 2 is 2.17 bits per heavy atom. The summed E-state index contributed by atoms with van der Waals surface area (Å²) in [6.45, 7) is 4.97. The lowest BCUT2D eigenvalue weighted by Crippen LogP contribution is -2.32. The molecule has 1 aliphatic heterocycles. The number of hydrogen-bond donors (Lipinski definition) is 1. The molecule has 0 aliphatic carbocycles. The van der Waals surface area contributed by atoms with E-state index in [1.807, 2.05) is 0 Å². The summed E-state index contributed by atoms with van der Waals surface area (Å²) in [5.74, 6) is 0.674. The molecule has 2 rings (SSSR count). The van der Waals surface area contributed by atoms with Crippen LogP contribution in [0.1, 0.15) is 31.4 Å². The van der Waals surface area contributed by atoms with Crippen molar-refractivity contribution in [2.75, 3.05) is 19.8 Å². The van der Waals surface area contributed by atoms with Crippen LogP contribution in [0.2, 0.25) is 0 Å². The van der Waals surface area contributed by atoms with Gasteiger partial charge in [0.25, 0.3) is 0 Å². The highest BCUT2D eigenvalue weighted by molar-refractivity contribution is 14.1. The van der Waals surface area contributed by atoms with Crippen LogP contribution < -0.4 is 5.32 Å². The second-order valence-electron chi connectivity index (χ2n) is 4.65. The molecule has 100 valence electrons. The number of ether oxygens (including phenoxy) is 1. The van der Waals surface area contributed by atoms with Crippen LogP contribution in [0.5, 0.6) is 0 Å². The largest absolute Gasteiger partial charge is 0.381 e. The fourth-order valence-electron chi connectivity index (χ4n) is 2.55. The van der Waals surface area contributed by atoms with E-state index in [4.69, 9.17) is 4.74 Å². The number of benzene rings is 1. The van der Waals surface area contributed by atoms with Crippen LogP contribution in [0.3, 0.4) is 0 Å². The molecule has 0 saturated carbocycles. The molecule has 1 fully saturated rings. The molecule has 0 amide bonds. The quantitative estimate of drug-likeness (QED) is 0.735. The number of rotatable bonds is 4. The van der Waals surface area contributed by atoms with E-state index in [0.717, 1.165) is 32.6 Å². The Morgan fingerprint density at radius 1 is 1.44 bits per heavy atom. The normalized spacial score (nSPS) is 18.8. The molecule has 2 nitrogen and oxygen atoms in total. The van der Waals surface area contributed by atoms with Gasteiger partial charge in [-0.3, -0.25) is 0 Å². The maximum atomic E-state index is 5.48. The first kappa shape index (κ1) is 14.8. The molecule has 0 spiro atoms. The van der Waals surface area contributed by atoms with E-state index >= 15 is 0 Å². The van der Waals surface area contributed by atoms with Crippen LogP contribution in [0.15, 0.2) is 22.7 Å². The molecule has 4 heteroatoms. The second kappa shape index (κ2) is 7.22. The van der Waals surface area contributed by atoms with Gasteiger partial charge in [0, 0.05) is 27.3 Å². The molecule has 0 bridgehead atoms. The van der Waals surface area contributed by atoms with E-state index in [0.29, 0.717) is 12.0 Å². The lowest BCUT2D eigenvalue weighted by atomic mass is 9.87. The highest BCUT2D eigenvalue weighted by atomic mass is 127. The first-order chi connectivity index (χ1) is 8.72. The third-order valence-corrected chi connectivity index (χ3v) is 4.85. The van der Waals surface area contributed by atoms with Crippen LogP contribution in [0.4, 0.5) is 0 Å². The van der Waals surface area contributed by atoms with Crippen molar-refractivity contribution in [2.24, 2.45) is 5.92 Å². The highest BCUT2D eigenvalue weighted by Crippen LogP contribution is 2.34. The van der Waals surface area contributed by atoms with Crippen LogP contribution in [-0.2, 0) is 4.74 Å². The number of nitrogens with one attached hydrogen (secondary N) is 1. The van der Waals surface area contributed by atoms with E-state index < -0.39 is 0 Å². The van der Waals surface area contributed by atoms with Crippen molar-refractivity contribution < 1.29 is 4.74 Å². The van der Waals surface area contributed by atoms with E-state index in [1.165, 1.54) is 13.6 Å². The predicted molar refractivity (Wildman–Crippen MR) is 86.8 cm³/mol. The first-order valence-corrected chi connectivity index (χ1v) is 8.35. The van der Waals surface area contributed by atoms with Crippen molar-refractivity contribution in [3.8, 4) is 0 Å². The van der Waals surface area contributed by atoms with E-state index in [1.54, 1.807) is 0 Å². The van der Waals surface area contributed by atoms with Gasteiger partial charge in [-0.1, -0.05) is 22.9 Å². The Balaban J connectivity index is 2.24. The minimum absolute atomic E-state index is 0.433. The minimum Gasteiger partial charge on any atom is -0.381 e. The molecule has 1 aliphatic rings. The lowest BCUT2D eigenvalue weighted by molar-refractivity contribution is 0.0537. The van der Waals surface area contributed by atoms with Crippen LogP contribution >= 0.6 is 38.5 Å². The van der Waals surface area contributed by atoms with Gasteiger partial charge in [-0.25, -0.2) is 0 Å². The fourth-order valence-corrected chi connectivity index (χ4v) is 3.56. The summed E-state index contributed by atoms with van der Waals surface area (Å²) < 4.78 is 7.98. The fraction of sp³-hybridized carbons (Fsp3) is 0.571. The SMILES string of the molecule is CCNC(c1cc(I)ccc1Br)C1CCOCC1. The number of hydrogen-bond acceptors (Lipinski definition) is 2. The Labute approximate surface area is 131 Å². The predicted octanol–water partition coefficient (Wildman–Crippen LogP) is 4.13. The topological polar surface area (TPSA) is 21.3 Å². The zero-order valence-electron chi connectivity index (χ0n) is 10.6. The summed E-state index contributed by atoms with van der Waals surface area (Å²) in [5.41, 5.74) is 1.38. The molecule has 1 aromatic carbocycles. The van der Waals surface area contributed by atoms with Gasteiger partial charge in [0.15, 0.2) is 0 Å². The van der Waals surface area contributed by atoms with E-state index in [9.17, 15) is 0 Å². The smallest absolute Gasteiger partial charge is 0.0469 e. The summed E-state index contributed by atoms with van der Waals surface area (Å²) in [4.78, 5) is 0. The summed E-state index contributed by atoms with van der Waals surface area (Å²) in [5, 5.41) is 3.65. The average Bonchev–Trinajstić information content (AvgIpc) is 2.40. The molecule has 0 radical (unpaired) electrons. The van der Waals surface area contributed by atoms with Gasteiger partial charge in [-0.05, 0) is 71.7 Å². The van der Waals surface area contributed by atoms with Gasteiger partial charge in [-0.15, -0.1) is 0 Å². The van der Waals surface area contributed by atoms with Crippen molar-refractivity contribution in [3.05, 3.63) is 31.8 Å². The maximum absolute atomic E-state index is 5.48. The Hall–Kier alpha value is 0.350. The molecular weight excluding hydrogens is 405 g/mol. The molecular formula is C14H19BrINO. The Morgan fingerprint density at radius 3 is 2.83 bits per heavy atom.